The molecule has 0 spiro atoms. The highest BCUT2D eigenvalue weighted by atomic mass is 16.5. The van der Waals surface area contributed by atoms with E-state index in [4.69, 9.17) is 4.74 Å². The molecule has 4 heteroatoms. The normalized spacial score (nSPS) is 23.5. The smallest absolute Gasteiger partial charge is 0.137 e. The maximum atomic E-state index is 5.83. The zero-order valence-electron chi connectivity index (χ0n) is 16.6. The maximum absolute atomic E-state index is 5.83. The highest BCUT2D eigenvalue weighted by Gasteiger charge is 2.43. The molecular formula is C23H31N3O. The van der Waals surface area contributed by atoms with E-state index in [9.17, 15) is 0 Å². The topological polar surface area (TPSA) is 28.6 Å². The van der Waals surface area contributed by atoms with E-state index in [1.165, 1.54) is 37.9 Å². The van der Waals surface area contributed by atoms with E-state index >= 15 is 0 Å². The lowest BCUT2D eigenvalue weighted by molar-refractivity contribution is 0.110. The standard InChI is InChI=1S/C23H31N3O/c1-18-8-9-21(17-24-18)27-15-14-26-12-10-20(11-13-26)25(2)23-16-22(23)19-6-4-3-5-7-19/h3-9,17,20,22-23H,10-16H2,1-2H3/t22-,23+/m0/s1. The Labute approximate surface area is 163 Å². The van der Waals surface area contributed by atoms with Crippen molar-refractivity contribution in [2.45, 2.75) is 44.2 Å². The van der Waals surface area contributed by atoms with Crippen molar-refractivity contribution < 1.29 is 4.74 Å². The maximum Gasteiger partial charge on any atom is 0.137 e. The molecule has 4 nitrogen and oxygen atoms in total. The van der Waals surface area contributed by atoms with Crippen LogP contribution in [0.1, 0.15) is 36.4 Å². The number of rotatable bonds is 7. The van der Waals surface area contributed by atoms with E-state index < -0.39 is 0 Å². The first-order valence-electron chi connectivity index (χ1n) is 10.3. The molecule has 1 saturated heterocycles. The summed E-state index contributed by atoms with van der Waals surface area (Å²) in [6.45, 7) is 6.08. The average Bonchev–Trinajstić information content (AvgIpc) is 3.51. The van der Waals surface area contributed by atoms with Gasteiger partial charge >= 0.3 is 0 Å². The van der Waals surface area contributed by atoms with Crippen molar-refractivity contribution >= 4 is 0 Å². The van der Waals surface area contributed by atoms with E-state index in [0.717, 1.165) is 42.6 Å². The number of likely N-dealkylation sites (tertiary alicyclic amines) is 1. The van der Waals surface area contributed by atoms with Crippen molar-refractivity contribution in [3.63, 3.8) is 0 Å². The summed E-state index contributed by atoms with van der Waals surface area (Å²) in [4.78, 5) is 9.47. The molecule has 1 aliphatic carbocycles. The molecular weight excluding hydrogens is 334 g/mol. The first-order chi connectivity index (χ1) is 13.2. The molecule has 2 fully saturated rings. The van der Waals surface area contributed by atoms with Crippen LogP contribution in [-0.2, 0) is 0 Å². The number of aryl methyl sites for hydroxylation is 1. The molecule has 2 aromatic rings. The molecule has 0 bridgehead atoms. The van der Waals surface area contributed by atoms with Gasteiger partial charge in [-0.3, -0.25) is 14.8 Å². The zero-order chi connectivity index (χ0) is 18.6. The number of pyridine rings is 1. The molecule has 1 aromatic carbocycles. The summed E-state index contributed by atoms with van der Waals surface area (Å²) < 4.78 is 5.83. The molecule has 0 radical (unpaired) electrons. The van der Waals surface area contributed by atoms with Crippen LogP contribution < -0.4 is 4.74 Å². The number of hydrogen-bond acceptors (Lipinski definition) is 4. The molecule has 0 N–H and O–H groups in total. The zero-order valence-corrected chi connectivity index (χ0v) is 16.6. The van der Waals surface area contributed by atoms with Gasteiger partial charge in [-0.25, -0.2) is 0 Å². The monoisotopic (exact) mass is 365 g/mol. The molecule has 1 aliphatic heterocycles. The second kappa shape index (κ2) is 8.41. The summed E-state index contributed by atoms with van der Waals surface area (Å²) in [5, 5.41) is 0. The van der Waals surface area contributed by atoms with Gasteiger partial charge in [0.25, 0.3) is 0 Å². The van der Waals surface area contributed by atoms with Crippen LogP contribution in [0.3, 0.4) is 0 Å². The molecule has 27 heavy (non-hydrogen) atoms. The summed E-state index contributed by atoms with van der Waals surface area (Å²) >= 11 is 0. The second-order valence-electron chi connectivity index (χ2n) is 8.04. The van der Waals surface area contributed by atoms with E-state index in [1.54, 1.807) is 0 Å². The summed E-state index contributed by atoms with van der Waals surface area (Å²) in [5.74, 6) is 1.61. The molecule has 2 atom stereocenters. The van der Waals surface area contributed by atoms with Crippen LogP contribution in [0.4, 0.5) is 0 Å². The minimum Gasteiger partial charge on any atom is -0.491 e. The van der Waals surface area contributed by atoms with E-state index in [0.29, 0.717) is 0 Å². The minimum atomic E-state index is 0.724. The quantitative estimate of drug-likeness (QED) is 0.748. The first kappa shape index (κ1) is 18.5. The van der Waals surface area contributed by atoms with Crippen LogP contribution in [0, 0.1) is 6.92 Å². The van der Waals surface area contributed by atoms with Gasteiger partial charge in [0, 0.05) is 30.2 Å². The Hall–Kier alpha value is -1.91. The molecule has 4 rings (SSSR count). The average molecular weight is 366 g/mol. The Kier molecular flexibility index (Phi) is 5.74. The second-order valence-corrected chi connectivity index (χ2v) is 8.04. The SMILES string of the molecule is Cc1ccc(OCCN2CCC(N(C)[C@@H]3C[C@H]3c3ccccc3)CC2)cn1. The number of piperidine rings is 1. The Morgan fingerprint density at radius 2 is 1.89 bits per heavy atom. The van der Waals surface area contributed by atoms with E-state index in [2.05, 4.69) is 52.2 Å². The van der Waals surface area contributed by atoms with Gasteiger partial charge in [-0.2, -0.15) is 0 Å². The van der Waals surface area contributed by atoms with E-state index in [-0.39, 0.29) is 0 Å². The van der Waals surface area contributed by atoms with Crippen molar-refractivity contribution in [1.82, 2.24) is 14.8 Å². The number of aromatic nitrogens is 1. The third-order valence-electron chi connectivity index (χ3n) is 6.20. The van der Waals surface area contributed by atoms with Crippen molar-refractivity contribution in [2.75, 3.05) is 33.3 Å². The number of benzene rings is 1. The third-order valence-corrected chi connectivity index (χ3v) is 6.20. The Morgan fingerprint density at radius 3 is 2.59 bits per heavy atom. The van der Waals surface area contributed by atoms with Crippen LogP contribution in [0.25, 0.3) is 0 Å². The molecule has 0 unspecified atom stereocenters. The molecule has 2 aliphatic rings. The molecule has 1 saturated carbocycles. The van der Waals surface area contributed by atoms with E-state index in [1.807, 2.05) is 25.3 Å². The van der Waals surface area contributed by atoms with Gasteiger partial charge in [-0.1, -0.05) is 30.3 Å². The summed E-state index contributed by atoms with van der Waals surface area (Å²) in [7, 11) is 2.33. The Balaban J connectivity index is 1.17. The number of likely N-dealkylation sites (N-methyl/N-ethyl adjacent to an activating group) is 1. The lowest BCUT2D eigenvalue weighted by atomic mass is 10.0. The van der Waals surface area contributed by atoms with Gasteiger partial charge in [0.15, 0.2) is 0 Å². The molecule has 0 amide bonds. The molecule has 144 valence electrons. The predicted molar refractivity (Wildman–Crippen MR) is 109 cm³/mol. The van der Waals surface area contributed by atoms with Gasteiger partial charge in [0.05, 0.1) is 6.20 Å². The Morgan fingerprint density at radius 1 is 1.11 bits per heavy atom. The molecule has 2 heterocycles. The first-order valence-corrected chi connectivity index (χ1v) is 10.3. The van der Waals surface area contributed by atoms with Crippen LogP contribution >= 0.6 is 0 Å². The summed E-state index contributed by atoms with van der Waals surface area (Å²) in [6.07, 6.45) is 5.66. The summed E-state index contributed by atoms with van der Waals surface area (Å²) in [6, 6.07) is 16.5. The van der Waals surface area contributed by atoms with Crippen LogP contribution in [0.15, 0.2) is 48.7 Å². The van der Waals surface area contributed by atoms with Gasteiger partial charge in [-0.05, 0) is 64.0 Å². The third kappa shape index (κ3) is 4.69. The fourth-order valence-corrected chi connectivity index (χ4v) is 4.34. The van der Waals surface area contributed by atoms with Crippen molar-refractivity contribution in [3.05, 3.63) is 59.9 Å². The fraction of sp³-hybridized carbons (Fsp3) is 0.522. The highest BCUT2D eigenvalue weighted by molar-refractivity contribution is 5.28. The van der Waals surface area contributed by atoms with Crippen molar-refractivity contribution in [3.8, 4) is 5.75 Å². The minimum absolute atomic E-state index is 0.724. The Bertz CT molecular complexity index is 710. The van der Waals surface area contributed by atoms with Crippen molar-refractivity contribution in [2.24, 2.45) is 0 Å². The number of hydrogen-bond donors (Lipinski definition) is 0. The summed E-state index contributed by atoms with van der Waals surface area (Å²) in [5.41, 5.74) is 2.54. The van der Waals surface area contributed by atoms with Gasteiger partial charge in [0.2, 0.25) is 0 Å². The molecule has 1 aromatic heterocycles. The van der Waals surface area contributed by atoms with Crippen LogP contribution in [0.5, 0.6) is 5.75 Å². The predicted octanol–water partition coefficient (Wildman–Crippen LogP) is 3.72. The van der Waals surface area contributed by atoms with Crippen molar-refractivity contribution in [1.29, 1.82) is 0 Å². The van der Waals surface area contributed by atoms with Gasteiger partial charge in [-0.15, -0.1) is 0 Å². The van der Waals surface area contributed by atoms with Crippen LogP contribution in [0.2, 0.25) is 0 Å². The fourth-order valence-electron chi connectivity index (χ4n) is 4.34. The highest BCUT2D eigenvalue weighted by Crippen LogP contribution is 2.45. The van der Waals surface area contributed by atoms with Gasteiger partial charge in [0.1, 0.15) is 12.4 Å². The lowest BCUT2D eigenvalue weighted by Gasteiger charge is -2.37. The van der Waals surface area contributed by atoms with Gasteiger partial charge < -0.3 is 4.74 Å². The van der Waals surface area contributed by atoms with Crippen LogP contribution in [-0.4, -0.2) is 60.2 Å². The number of nitrogens with zero attached hydrogens (tertiary/aromatic N) is 3. The largest absolute Gasteiger partial charge is 0.491 e. The number of ether oxygens (including phenoxy) is 1. The lowest BCUT2D eigenvalue weighted by Crippen LogP contribution is -2.45.